The van der Waals surface area contributed by atoms with E-state index >= 15 is 0 Å². The Morgan fingerprint density at radius 2 is 1.78 bits per heavy atom. The van der Waals surface area contributed by atoms with Crippen molar-refractivity contribution < 1.29 is 9.53 Å². The number of methoxy groups -OCH3 is 1. The first-order valence-electron chi connectivity index (χ1n) is 10.3. The summed E-state index contributed by atoms with van der Waals surface area (Å²) in [5, 5.41) is 6.21. The van der Waals surface area contributed by atoms with Gasteiger partial charge in [-0.05, 0) is 48.9 Å². The summed E-state index contributed by atoms with van der Waals surface area (Å²) in [7, 11) is 1.62. The normalized spacial score (nSPS) is 10.4. The Morgan fingerprint density at radius 3 is 2.59 bits per heavy atom. The van der Waals surface area contributed by atoms with Crippen LogP contribution in [0.15, 0.2) is 85.1 Å². The van der Waals surface area contributed by atoms with Gasteiger partial charge in [0.25, 0.3) is 5.91 Å². The molecule has 0 aliphatic rings. The van der Waals surface area contributed by atoms with E-state index in [0.717, 1.165) is 22.6 Å². The maximum Gasteiger partial charge on any atom is 0.251 e. The number of rotatable bonds is 7. The average Bonchev–Trinajstić information content (AvgIpc) is 2.83. The van der Waals surface area contributed by atoms with Gasteiger partial charge >= 0.3 is 0 Å². The van der Waals surface area contributed by atoms with E-state index in [1.54, 1.807) is 31.5 Å². The van der Waals surface area contributed by atoms with E-state index in [2.05, 4.69) is 20.6 Å². The Balaban J connectivity index is 1.44. The number of hydrogen-bond acceptors (Lipinski definition) is 5. The van der Waals surface area contributed by atoms with Gasteiger partial charge in [0.2, 0.25) is 0 Å². The number of anilines is 2. The fourth-order valence-corrected chi connectivity index (χ4v) is 3.22. The molecule has 6 nitrogen and oxygen atoms in total. The SMILES string of the molecule is COc1cccc(CNC(=O)c2cccc(Nc3ccnc(-c4ccc(C)cc4)n3)c2)c1. The number of aromatic nitrogens is 2. The summed E-state index contributed by atoms with van der Waals surface area (Å²) in [6, 6.07) is 24.8. The van der Waals surface area contributed by atoms with Gasteiger partial charge in [-0.1, -0.05) is 48.0 Å². The smallest absolute Gasteiger partial charge is 0.251 e. The van der Waals surface area contributed by atoms with Gasteiger partial charge in [-0.3, -0.25) is 4.79 Å². The molecule has 32 heavy (non-hydrogen) atoms. The molecular formula is C26H24N4O2. The van der Waals surface area contributed by atoms with Gasteiger partial charge in [-0.25, -0.2) is 9.97 Å². The van der Waals surface area contributed by atoms with Crippen LogP contribution in [0.2, 0.25) is 0 Å². The molecule has 0 bridgehead atoms. The second-order valence-corrected chi connectivity index (χ2v) is 7.37. The van der Waals surface area contributed by atoms with Gasteiger partial charge in [-0.2, -0.15) is 0 Å². The topological polar surface area (TPSA) is 76.1 Å². The molecule has 0 atom stereocenters. The lowest BCUT2D eigenvalue weighted by molar-refractivity contribution is 0.0951. The minimum absolute atomic E-state index is 0.153. The molecule has 3 aromatic carbocycles. The van der Waals surface area contributed by atoms with Gasteiger partial charge in [0, 0.05) is 29.6 Å². The highest BCUT2D eigenvalue weighted by Gasteiger charge is 2.08. The number of hydrogen-bond donors (Lipinski definition) is 2. The van der Waals surface area contributed by atoms with E-state index in [1.165, 1.54) is 5.56 Å². The first kappa shape index (κ1) is 21.1. The molecule has 0 spiro atoms. The number of amides is 1. The van der Waals surface area contributed by atoms with Crippen LogP contribution in [0.4, 0.5) is 11.5 Å². The third-order valence-electron chi connectivity index (χ3n) is 4.95. The van der Waals surface area contributed by atoms with Gasteiger partial charge in [0.1, 0.15) is 11.6 Å². The third kappa shape index (κ3) is 5.29. The van der Waals surface area contributed by atoms with E-state index < -0.39 is 0 Å². The molecule has 1 amide bonds. The Morgan fingerprint density at radius 1 is 0.969 bits per heavy atom. The van der Waals surface area contributed by atoms with Crippen LogP contribution < -0.4 is 15.4 Å². The van der Waals surface area contributed by atoms with E-state index in [4.69, 9.17) is 4.74 Å². The maximum atomic E-state index is 12.6. The van der Waals surface area contributed by atoms with Crippen molar-refractivity contribution in [3.8, 4) is 17.1 Å². The van der Waals surface area contributed by atoms with Gasteiger partial charge in [-0.15, -0.1) is 0 Å². The average molecular weight is 425 g/mol. The highest BCUT2D eigenvalue weighted by molar-refractivity contribution is 5.95. The highest BCUT2D eigenvalue weighted by atomic mass is 16.5. The quantitative estimate of drug-likeness (QED) is 0.430. The van der Waals surface area contributed by atoms with E-state index in [0.29, 0.717) is 23.8 Å². The fourth-order valence-electron chi connectivity index (χ4n) is 3.22. The van der Waals surface area contributed by atoms with Crippen LogP contribution in [0.25, 0.3) is 11.4 Å². The molecule has 0 saturated heterocycles. The predicted octanol–water partition coefficient (Wildman–Crippen LogP) is 5.13. The standard InChI is InChI=1S/C26H24N4O2/c1-18-9-11-20(12-10-18)25-27-14-13-24(30-25)29-22-7-4-6-21(16-22)26(31)28-17-19-5-3-8-23(15-19)32-2/h3-16H,17H2,1-2H3,(H,28,31)(H,27,29,30). The number of ether oxygens (including phenoxy) is 1. The number of carbonyl (C=O) groups is 1. The van der Waals surface area contributed by atoms with Crippen LogP contribution in [0.3, 0.4) is 0 Å². The Labute approximate surface area is 187 Å². The minimum atomic E-state index is -0.153. The highest BCUT2D eigenvalue weighted by Crippen LogP contribution is 2.20. The number of nitrogens with zero attached hydrogens (tertiary/aromatic N) is 2. The van der Waals surface area contributed by atoms with Crippen molar-refractivity contribution in [2.24, 2.45) is 0 Å². The summed E-state index contributed by atoms with van der Waals surface area (Å²) in [5.41, 5.74) is 4.43. The van der Waals surface area contributed by atoms with Crippen LogP contribution in [-0.2, 0) is 6.54 Å². The van der Waals surface area contributed by atoms with Crippen LogP contribution in [0.5, 0.6) is 5.75 Å². The van der Waals surface area contributed by atoms with Crippen molar-refractivity contribution in [3.05, 3.63) is 102 Å². The lowest BCUT2D eigenvalue weighted by Gasteiger charge is -2.10. The molecule has 0 aliphatic heterocycles. The summed E-state index contributed by atoms with van der Waals surface area (Å²) in [6.45, 7) is 2.46. The molecule has 4 aromatic rings. The fraction of sp³-hybridized carbons (Fsp3) is 0.115. The molecule has 4 rings (SSSR count). The second kappa shape index (κ2) is 9.75. The molecule has 0 radical (unpaired) electrons. The summed E-state index contributed by atoms with van der Waals surface area (Å²) in [5.74, 6) is 1.91. The van der Waals surface area contributed by atoms with Crippen molar-refractivity contribution in [1.82, 2.24) is 15.3 Å². The number of aryl methyl sites for hydroxylation is 1. The molecule has 0 unspecified atom stereocenters. The van der Waals surface area contributed by atoms with Crippen LogP contribution >= 0.6 is 0 Å². The molecule has 160 valence electrons. The van der Waals surface area contributed by atoms with Crippen molar-refractivity contribution in [2.45, 2.75) is 13.5 Å². The molecule has 0 fully saturated rings. The zero-order valence-corrected chi connectivity index (χ0v) is 18.0. The van der Waals surface area contributed by atoms with E-state index in [1.807, 2.05) is 67.6 Å². The molecule has 0 saturated carbocycles. The van der Waals surface area contributed by atoms with Gasteiger partial charge in [0.05, 0.1) is 7.11 Å². The van der Waals surface area contributed by atoms with Crippen molar-refractivity contribution >= 4 is 17.4 Å². The summed E-state index contributed by atoms with van der Waals surface area (Å²) in [6.07, 6.45) is 1.72. The first-order valence-corrected chi connectivity index (χ1v) is 10.3. The number of benzene rings is 3. The second-order valence-electron chi connectivity index (χ2n) is 7.37. The predicted molar refractivity (Wildman–Crippen MR) is 126 cm³/mol. The van der Waals surface area contributed by atoms with Crippen molar-refractivity contribution in [1.29, 1.82) is 0 Å². The lowest BCUT2D eigenvalue weighted by atomic mass is 10.1. The minimum Gasteiger partial charge on any atom is -0.497 e. The van der Waals surface area contributed by atoms with Crippen LogP contribution in [-0.4, -0.2) is 23.0 Å². The lowest BCUT2D eigenvalue weighted by Crippen LogP contribution is -2.22. The van der Waals surface area contributed by atoms with Crippen molar-refractivity contribution in [3.63, 3.8) is 0 Å². The molecule has 6 heteroatoms. The summed E-state index contributed by atoms with van der Waals surface area (Å²) in [4.78, 5) is 21.6. The molecular weight excluding hydrogens is 400 g/mol. The molecule has 2 N–H and O–H groups in total. The number of nitrogens with one attached hydrogen (secondary N) is 2. The summed E-state index contributed by atoms with van der Waals surface area (Å²) >= 11 is 0. The van der Waals surface area contributed by atoms with Gasteiger partial charge < -0.3 is 15.4 Å². The van der Waals surface area contributed by atoms with Gasteiger partial charge in [0.15, 0.2) is 5.82 Å². The zero-order valence-electron chi connectivity index (χ0n) is 18.0. The monoisotopic (exact) mass is 424 g/mol. The summed E-state index contributed by atoms with van der Waals surface area (Å²) < 4.78 is 5.23. The zero-order chi connectivity index (χ0) is 22.3. The maximum absolute atomic E-state index is 12.6. The Hall–Kier alpha value is -4.19. The number of carbonyl (C=O) groups excluding carboxylic acids is 1. The van der Waals surface area contributed by atoms with Crippen molar-refractivity contribution in [2.75, 3.05) is 12.4 Å². The van der Waals surface area contributed by atoms with Crippen LogP contribution in [0, 0.1) is 6.92 Å². The largest absolute Gasteiger partial charge is 0.497 e. The van der Waals surface area contributed by atoms with E-state index in [9.17, 15) is 4.79 Å². The molecule has 0 aliphatic carbocycles. The first-order chi connectivity index (χ1) is 15.6. The molecule has 1 heterocycles. The molecule has 1 aromatic heterocycles. The Kier molecular flexibility index (Phi) is 6.41. The third-order valence-corrected chi connectivity index (χ3v) is 4.95. The van der Waals surface area contributed by atoms with E-state index in [-0.39, 0.29) is 5.91 Å². The van der Waals surface area contributed by atoms with Crippen LogP contribution in [0.1, 0.15) is 21.5 Å². The Bertz CT molecular complexity index is 1220.